The molecule has 0 radical (unpaired) electrons. The standard InChI is InChI=1S/C26H40N2O4/c1-31-25-11-7-23(8-12-25)21-27(17-19-29)15-5-3-4-6-16-28(18-20-30)22-24-9-13-26(32-2)14-10-24/h7-14,29-30H,3-6,15-22H2,1-2H3. The molecular weight excluding hydrogens is 404 g/mol. The van der Waals surface area contributed by atoms with Crippen LogP contribution in [0, 0.1) is 0 Å². The molecule has 0 saturated heterocycles. The highest BCUT2D eigenvalue weighted by atomic mass is 16.5. The number of benzene rings is 2. The Kier molecular flexibility index (Phi) is 12.8. The Bertz CT molecular complexity index is 658. The summed E-state index contributed by atoms with van der Waals surface area (Å²) in [5.41, 5.74) is 2.47. The quantitative estimate of drug-likeness (QED) is 0.364. The van der Waals surface area contributed by atoms with Gasteiger partial charge in [-0.05, 0) is 61.3 Å². The van der Waals surface area contributed by atoms with Gasteiger partial charge in [-0.1, -0.05) is 37.1 Å². The monoisotopic (exact) mass is 444 g/mol. The van der Waals surface area contributed by atoms with Gasteiger partial charge in [0.15, 0.2) is 0 Å². The first-order valence-corrected chi connectivity index (χ1v) is 11.6. The number of hydrogen-bond donors (Lipinski definition) is 2. The van der Waals surface area contributed by atoms with E-state index in [1.54, 1.807) is 14.2 Å². The molecule has 6 heteroatoms. The summed E-state index contributed by atoms with van der Waals surface area (Å²) in [6.07, 6.45) is 4.57. The van der Waals surface area contributed by atoms with E-state index < -0.39 is 0 Å². The summed E-state index contributed by atoms with van der Waals surface area (Å²) in [6.45, 7) is 5.40. The largest absolute Gasteiger partial charge is 0.497 e. The number of hydrogen-bond acceptors (Lipinski definition) is 6. The van der Waals surface area contributed by atoms with Crippen molar-refractivity contribution in [1.82, 2.24) is 9.80 Å². The van der Waals surface area contributed by atoms with Crippen LogP contribution in [0.1, 0.15) is 36.8 Å². The maximum atomic E-state index is 9.41. The van der Waals surface area contributed by atoms with Crippen molar-refractivity contribution in [2.24, 2.45) is 0 Å². The third-order valence-electron chi connectivity index (χ3n) is 5.66. The van der Waals surface area contributed by atoms with E-state index in [4.69, 9.17) is 9.47 Å². The lowest BCUT2D eigenvalue weighted by molar-refractivity contribution is 0.182. The summed E-state index contributed by atoms with van der Waals surface area (Å²) >= 11 is 0. The normalized spacial score (nSPS) is 11.3. The first-order chi connectivity index (χ1) is 15.7. The molecule has 0 saturated carbocycles. The van der Waals surface area contributed by atoms with Crippen LogP contribution in [0.5, 0.6) is 11.5 Å². The number of aliphatic hydroxyl groups excluding tert-OH is 2. The van der Waals surface area contributed by atoms with Crippen LogP contribution >= 0.6 is 0 Å². The van der Waals surface area contributed by atoms with Crippen molar-refractivity contribution < 1.29 is 19.7 Å². The van der Waals surface area contributed by atoms with E-state index in [0.29, 0.717) is 13.1 Å². The molecule has 2 aromatic rings. The number of nitrogens with zero attached hydrogens (tertiary/aromatic N) is 2. The number of unbranched alkanes of at least 4 members (excludes halogenated alkanes) is 3. The van der Waals surface area contributed by atoms with Crippen molar-refractivity contribution in [3.05, 3.63) is 59.7 Å². The highest BCUT2D eigenvalue weighted by Crippen LogP contribution is 2.15. The molecule has 0 fully saturated rings. The predicted molar refractivity (Wildman–Crippen MR) is 129 cm³/mol. The van der Waals surface area contributed by atoms with Crippen molar-refractivity contribution >= 4 is 0 Å². The molecule has 32 heavy (non-hydrogen) atoms. The van der Waals surface area contributed by atoms with Gasteiger partial charge in [-0.3, -0.25) is 9.80 Å². The molecule has 0 aliphatic rings. The van der Waals surface area contributed by atoms with Crippen molar-refractivity contribution in [3.63, 3.8) is 0 Å². The molecule has 0 heterocycles. The van der Waals surface area contributed by atoms with Crippen LogP contribution in [0.15, 0.2) is 48.5 Å². The molecule has 2 rings (SSSR count). The summed E-state index contributed by atoms with van der Waals surface area (Å²) < 4.78 is 10.4. The van der Waals surface area contributed by atoms with Gasteiger partial charge in [-0.15, -0.1) is 0 Å². The smallest absolute Gasteiger partial charge is 0.118 e. The van der Waals surface area contributed by atoms with Crippen LogP contribution < -0.4 is 9.47 Å². The van der Waals surface area contributed by atoms with Crippen molar-refractivity contribution in [2.75, 3.05) is 53.6 Å². The Hall–Kier alpha value is -2.12. The first kappa shape index (κ1) is 26.1. The average molecular weight is 445 g/mol. The minimum Gasteiger partial charge on any atom is -0.497 e. The Morgan fingerprint density at radius 1 is 0.562 bits per heavy atom. The van der Waals surface area contributed by atoms with Crippen LogP contribution in [-0.4, -0.2) is 73.6 Å². The number of ether oxygens (including phenoxy) is 2. The molecule has 6 nitrogen and oxygen atoms in total. The Balaban J connectivity index is 1.67. The third-order valence-corrected chi connectivity index (χ3v) is 5.66. The maximum Gasteiger partial charge on any atom is 0.118 e. The van der Waals surface area contributed by atoms with Gasteiger partial charge in [-0.25, -0.2) is 0 Å². The lowest BCUT2D eigenvalue weighted by Gasteiger charge is -2.22. The second kappa shape index (κ2) is 15.6. The Morgan fingerprint density at radius 3 is 1.25 bits per heavy atom. The van der Waals surface area contributed by atoms with Gasteiger partial charge in [0.1, 0.15) is 11.5 Å². The number of rotatable bonds is 17. The van der Waals surface area contributed by atoms with Gasteiger partial charge in [0.25, 0.3) is 0 Å². The zero-order valence-electron chi connectivity index (χ0n) is 19.7. The minimum atomic E-state index is 0.178. The summed E-state index contributed by atoms with van der Waals surface area (Å²) in [5, 5.41) is 18.8. The van der Waals surface area contributed by atoms with Crippen molar-refractivity contribution in [2.45, 2.75) is 38.8 Å². The molecule has 0 spiro atoms. The molecule has 0 aliphatic heterocycles. The lowest BCUT2D eigenvalue weighted by Crippen LogP contribution is -2.28. The van der Waals surface area contributed by atoms with Gasteiger partial charge < -0.3 is 19.7 Å². The van der Waals surface area contributed by atoms with E-state index in [2.05, 4.69) is 34.1 Å². The van der Waals surface area contributed by atoms with Crippen LogP contribution in [-0.2, 0) is 13.1 Å². The number of aliphatic hydroxyl groups is 2. The van der Waals surface area contributed by atoms with E-state index >= 15 is 0 Å². The molecule has 0 aliphatic carbocycles. The van der Waals surface area contributed by atoms with Crippen LogP contribution in [0.4, 0.5) is 0 Å². The zero-order valence-corrected chi connectivity index (χ0v) is 19.7. The summed E-state index contributed by atoms with van der Waals surface area (Å²) in [6, 6.07) is 16.3. The van der Waals surface area contributed by atoms with Gasteiger partial charge in [0.2, 0.25) is 0 Å². The molecule has 0 aromatic heterocycles. The van der Waals surface area contributed by atoms with E-state index in [1.165, 1.54) is 24.0 Å². The fourth-order valence-corrected chi connectivity index (χ4v) is 3.83. The molecule has 0 amide bonds. The van der Waals surface area contributed by atoms with Gasteiger partial charge in [-0.2, -0.15) is 0 Å². The van der Waals surface area contributed by atoms with E-state index in [0.717, 1.165) is 50.5 Å². The molecule has 2 aromatic carbocycles. The van der Waals surface area contributed by atoms with Crippen LogP contribution in [0.2, 0.25) is 0 Å². The Labute approximate surface area is 193 Å². The first-order valence-electron chi connectivity index (χ1n) is 11.6. The highest BCUT2D eigenvalue weighted by Gasteiger charge is 2.08. The summed E-state index contributed by atoms with van der Waals surface area (Å²) in [5.74, 6) is 1.73. The lowest BCUT2D eigenvalue weighted by atomic mass is 10.1. The van der Waals surface area contributed by atoms with E-state index in [-0.39, 0.29) is 13.2 Å². The fourth-order valence-electron chi connectivity index (χ4n) is 3.83. The maximum absolute atomic E-state index is 9.41. The molecular formula is C26H40N2O4. The molecule has 0 unspecified atom stereocenters. The average Bonchev–Trinajstić information content (AvgIpc) is 2.82. The van der Waals surface area contributed by atoms with E-state index in [9.17, 15) is 10.2 Å². The summed E-state index contributed by atoms with van der Waals surface area (Å²) in [7, 11) is 3.35. The molecule has 2 N–H and O–H groups in total. The summed E-state index contributed by atoms with van der Waals surface area (Å²) in [4.78, 5) is 4.62. The SMILES string of the molecule is COc1ccc(CN(CCO)CCCCCCN(CCO)Cc2ccc(OC)cc2)cc1. The number of methoxy groups -OCH3 is 2. The fraction of sp³-hybridized carbons (Fsp3) is 0.538. The minimum absolute atomic E-state index is 0.178. The third kappa shape index (κ3) is 10.0. The topological polar surface area (TPSA) is 65.4 Å². The zero-order chi connectivity index (χ0) is 23.0. The molecule has 0 atom stereocenters. The second-order valence-electron chi connectivity index (χ2n) is 8.11. The molecule has 0 bridgehead atoms. The van der Waals surface area contributed by atoms with Gasteiger partial charge >= 0.3 is 0 Å². The van der Waals surface area contributed by atoms with Crippen molar-refractivity contribution in [1.29, 1.82) is 0 Å². The van der Waals surface area contributed by atoms with Crippen molar-refractivity contribution in [3.8, 4) is 11.5 Å². The predicted octanol–water partition coefficient (Wildman–Crippen LogP) is 3.55. The van der Waals surface area contributed by atoms with Gasteiger partial charge in [0, 0.05) is 26.2 Å². The molecule has 178 valence electrons. The van der Waals surface area contributed by atoms with Crippen LogP contribution in [0.25, 0.3) is 0 Å². The Morgan fingerprint density at radius 2 is 0.938 bits per heavy atom. The van der Waals surface area contributed by atoms with Crippen LogP contribution in [0.3, 0.4) is 0 Å². The van der Waals surface area contributed by atoms with Gasteiger partial charge in [0.05, 0.1) is 27.4 Å². The highest BCUT2D eigenvalue weighted by molar-refractivity contribution is 5.27. The van der Waals surface area contributed by atoms with E-state index in [1.807, 2.05) is 24.3 Å². The second-order valence-corrected chi connectivity index (χ2v) is 8.11.